The van der Waals surface area contributed by atoms with Crippen molar-refractivity contribution in [1.82, 2.24) is 14.0 Å². The van der Waals surface area contributed by atoms with Crippen molar-refractivity contribution >= 4 is 11.7 Å². The van der Waals surface area contributed by atoms with Gasteiger partial charge in [-0.15, -0.1) is 0 Å². The van der Waals surface area contributed by atoms with E-state index < -0.39 is 0 Å². The number of halogens is 1. The second-order valence-electron chi connectivity index (χ2n) is 7.45. The Bertz CT molecular complexity index is 1270. The summed E-state index contributed by atoms with van der Waals surface area (Å²) in [4.78, 5) is 4.57. The maximum absolute atomic E-state index is 13.4. The van der Waals surface area contributed by atoms with Crippen molar-refractivity contribution in [3.05, 3.63) is 66.4 Å². The number of hydrogen-bond acceptors (Lipinski definition) is 4. The molecular formula is C21H18FN5O. The van der Waals surface area contributed by atoms with E-state index in [1.54, 1.807) is 41.4 Å². The van der Waals surface area contributed by atoms with E-state index in [2.05, 4.69) is 4.98 Å². The topological polar surface area (TPSA) is 83.1 Å². The van der Waals surface area contributed by atoms with E-state index in [1.807, 2.05) is 17.4 Å². The molecule has 1 saturated carbocycles. The van der Waals surface area contributed by atoms with Gasteiger partial charge in [0.25, 0.3) is 0 Å². The highest BCUT2D eigenvalue weighted by atomic mass is 19.1. The van der Waals surface area contributed by atoms with Gasteiger partial charge < -0.3 is 4.42 Å². The van der Waals surface area contributed by atoms with Gasteiger partial charge in [0.1, 0.15) is 29.1 Å². The summed E-state index contributed by atoms with van der Waals surface area (Å²) in [7, 11) is 0. The van der Waals surface area contributed by atoms with Crippen LogP contribution in [0, 0.1) is 22.1 Å². The third-order valence-corrected chi connectivity index (χ3v) is 5.41. The fraction of sp³-hybridized carbons (Fsp3) is 0.190. The van der Waals surface area contributed by atoms with E-state index in [0.29, 0.717) is 17.4 Å². The predicted molar refractivity (Wildman–Crippen MR) is 103 cm³/mol. The first kappa shape index (κ1) is 16.7. The molecule has 0 atom stereocenters. The van der Waals surface area contributed by atoms with Crippen LogP contribution in [-0.4, -0.2) is 19.8 Å². The van der Waals surface area contributed by atoms with Crippen LogP contribution in [0.25, 0.3) is 28.4 Å². The second-order valence-corrected chi connectivity index (χ2v) is 7.45. The Balaban J connectivity index is 1.72. The Hall–Kier alpha value is -3.48. The first-order chi connectivity index (χ1) is 13.5. The minimum absolute atomic E-state index is 0.165. The number of hydrogen-bond donors (Lipinski definition) is 2. The van der Waals surface area contributed by atoms with E-state index in [4.69, 9.17) is 15.2 Å². The minimum Gasteiger partial charge on any atom is -0.432 e. The van der Waals surface area contributed by atoms with Gasteiger partial charge in [-0.05, 0) is 49.2 Å². The number of rotatable bonds is 3. The van der Waals surface area contributed by atoms with Crippen LogP contribution in [0.5, 0.6) is 0 Å². The molecule has 3 aromatic heterocycles. The lowest BCUT2D eigenvalue weighted by molar-refractivity contribution is 0.596. The van der Waals surface area contributed by atoms with Crippen LogP contribution < -0.4 is 5.49 Å². The highest BCUT2D eigenvalue weighted by Gasteiger charge is 2.42. The lowest BCUT2D eigenvalue weighted by atomic mass is 10.1. The highest BCUT2D eigenvalue weighted by molar-refractivity contribution is 5.90. The number of oxazole rings is 1. The van der Waals surface area contributed by atoms with E-state index in [0.717, 1.165) is 29.7 Å². The monoisotopic (exact) mass is 375 g/mol. The summed E-state index contributed by atoms with van der Waals surface area (Å²) >= 11 is 0. The molecule has 1 aromatic carbocycles. The van der Waals surface area contributed by atoms with Gasteiger partial charge in [0.2, 0.25) is 0 Å². The molecule has 28 heavy (non-hydrogen) atoms. The molecule has 6 nitrogen and oxygen atoms in total. The van der Waals surface area contributed by atoms with Gasteiger partial charge in [-0.25, -0.2) is 4.39 Å². The molecule has 1 aliphatic carbocycles. The highest BCUT2D eigenvalue weighted by Crippen LogP contribution is 2.46. The van der Waals surface area contributed by atoms with Gasteiger partial charge in [0.05, 0.1) is 5.69 Å². The molecule has 0 radical (unpaired) electrons. The summed E-state index contributed by atoms with van der Waals surface area (Å²) < 4.78 is 22.3. The van der Waals surface area contributed by atoms with Crippen LogP contribution >= 0.6 is 0 Å². The van der Waals surface area contributed by atoms with Crippen molar-refractivity contribution in [2.75, 3.05) is 0 Å². The van der Waals surface area contributed by atoms with Crippen molar-refractivity contribution in [1.29, 1.82) is 10.8 Å². The Morgan fingerprint density at radius 2 is 1.86 bits per heavy atom. The van der Waals surface area contributed by atoms with E-state index in [-0.39, 0.29) is 16.7 Å². The number of nitrogens with zero attached hydrogens (tertiary/aromatic N) is 3. The maximum atomic E-state index is 13.4. The number of pyridine rings is 1. The molecule has 0 unspecified atom stereocenters. The maximum Gasteiger partial charge on any atom is 0.306 e. The third kappa shape index (κ3) is 2.51. The summed E-state index contributed by atoms with van der Waals surface area (Å²) in [5.41, 5.74) is 3.10. The number of aromatic nitrogens is 3. The molecule has 1 fully saturated rings. The van der Waals surface area contributed by atoms with Crippen LogP contribution in [0.1, 0.15) is 19.8 Å². The molecule has 0 aliphatic heterocycles. The van der Waals surface area contributed by atoms with Gasteiger partial charge in [0.15, 0.2) is 0 Å². The predicted octanol–water partition coefficient (Wildman–Crippen LogP) is 4.31. The summed E-state index contributed by atoms with van der Waals surface area (Å²) in [5.74, 6) is 0.548. The summed E-state index contributed by atoms with van der Waals surface area (Å²) in [6.07, 6.45) is 7.05. The Labute approximate surface area is 159 Å². The Morgan fingerprint density at radius 1 is 1.14 bits per heavy atom. The molecule has 3 heterocycles. The van der Waals surface area contributed by atoms with Crippen LogP contribution in [0.3, 0.4) is 0 Å². The average Bonchev–Trinajstić information content (AvgIpc) is 3.12. The van der Waals surface area contributed by atoms with Gasteiger partial charge in [0, 0.05) is 28.9 Å². The van der Waals surface area contributed by atoms with Crippen LogP contribution in [0.4, 0.5) is 4.39 Å². The lowest BCUT2D eigenvalue weighted by Gasteiger charge is -2.15. The van der Waals surface area contributed by atoms with Crippen molar-refractivity contribution in [3.63, 3.8) is 0 Å². The van der Waals surface area contributed by atoms with E-state index in [1.165, 1.54) is 12.1 Å². The van der Waals surface area contributed by atoms with Gasteiger partial charge >= 0.3 is 5.84 Å². The molecule has 140 valence electrons. The lowest BCUT2D eigenvalue weighted by Crippen LogP contribution is -2.31. The van der Waals surface area contributed by atoms with Crippen molar-refractivity contribution in [2.45, 2.75) is 19.8 Å². The average molecular weight is 375 g/mol. The van der Waals surface area contributed by atoms with Gasteiger partial charge in [-0.3, -0.25) is 19.8 Å². The molecule has 0 saturated heterocycles. The smallest absolute Gasteiger partial charge is 0.306 e. The second kappa shape index (κ2) is 5.76. The number of imidazole rings is 1. The largest absolute Gasteiger partial charge is 0.432 e. The van der Waals surface area contributed by atoms with E-state index in [9.17, 15) is 4.39 Å². The molecule has 5 rings (SSSR count). The quantitative estimate of drug-likeness (QED) is 0.413. The molecular weight excluding hydrogens is 357 g/mol. The fourth-order valence-corrected chi connectivity index (χ4v) is 3.41. The van der Waals surface area contributed by atoms with Crippen molar-refractivity contribution in [2.24, 2.45) is 5.41 Å². The molecule has 4 aromatic rings. The van der Waals surface area contributed by atoms with Crippen molar-refractivity contribution in [3.8, 4) is 22.5 Å². The van der Waals surface area contributed by atoms with Crippen molar-refractivity contribution < 1.29 is 8.81 Å². The first-order valence-electron chi connectivity index (χ1n) is 9.05. The Kier molecular flexibility index (Phi) is 3.43. The summed E-state index contributed by atoms with van der Waals surface area (Å²) in [6, 6.07) is 9.68. The number of fused-ring (bicyclic) bond motifs is 1. The number of benzene rings is 1. The molecule has 0 bridgehead atoms. The van der Waals surface area contributed by atoms with Crippen LogP contribution in [0.15, 0.2) is 59.5 Å². The van der Waals surface area contributed by atoms with Crippen LogP contribution in [-0.2, 0) is 0 Å². The normalized spacial score (nSPS) is 15.1. The van der Waals surface area contributed by atoms with E-state index >= 15 is 0 Å². The SMILES string of the molecule is CC1(C(=N)n2cc(-c3c(-c4ccc(F)cc4)nc4occn34)ccc2=N)CC1. The van der Waals surface area contributed by atoms with Gasteiger partial charge in [-0.1, -0.05) is 6.92 Å². The number of nitrogens with one attached hydrogen (secondary N) is 2. The fourth-order valence-electron chi connectivity index (χ4n) is 3.41. The van der Waals surface area contributed by atoms with Gasteiger partial charge in [-0.2, -0.15) is 4.98 Å². The zero-order valence-electron chi connectivity index (χ0n) is 15.2. The molecule has 1 aliphatic rings. The molecule has 0 spiro atoms. The minimum atomic E-state index is -0.310. The summed E-state index contributed by atoms with van der Waals surface area (Å²) in [6.45, 7) is 2.05. The van der Waals surface area contributed by atoms with Crippen LogP contribution in [0.2, 0.25) is 0 Å². The first-order valence-corrected chi connectivity index (χ1v) is 9.05. The summed E-state index contributed by atoms with van der Waals surface area (Å²) in [5, 5.41) is 16.8. The zero-order chi connectivity index (χ0) is 19.5. The Morgan fingerprint density at radius 3 is 2.57 bits per heavy atom. The standard InChI is InChI=1S/C21H18FN5O/c1-21(8-9-21)19(24)27-12-14(4-7-16(27)23)18-17(13-2-5-15(22)6-3-13)25-20-26(18)10-11-28-20/h2-7,10-12,23-24H,8-9H2,1H3. The third-order valence-electron chi connectivity index (χ3n) is 5.41. The zero-order valence-corrected chi connectivity index (χ0v) is 15.2. The molecule has 0 amide bonds. The molecule has 7 heteroatoms. The molecule has 2 N–H and O–H groups in total.